The predicted octanol–water partition coefficient (Wildman–Crippen LogP) is 1.71. The van der Waals surface area contributed by atoms with Gasteiger partial charge in [-0.3, -0.25) is 4.79 Å². The van der Waals surface area contributed by atoms with Crippen molar-refractivity contribution in [2.45, 2.75) is 25.3 Å². The molecule has 0 aliphatic carbocycles. The molecule has 1 saturated heterocycles. The maximum atomic E-state index is 12.6. The number of carbonyl (C=O) groups is 1. The second kappa shape index (κ2) is 2.82. The molecule has 2 bridgehead atoms. The minimum Gasteiger partial charge on any atom is -0.365 e. The van der Waals surface area contributed by atoms with E-state index in [-0.39, 0.29) is 0 Å². The van der Waals surface area contributed by atoms with E-state index in [4.69, 9.17) is 4.74 Å². The molecule has 2 heterocycles. The largest absolute Gasteiger partial charge is 0.395 e. The lowest BCUT2D eigenvalue weighted by Crippen LogP contribution is -2.39. The molecule has 2 rings (SSSR count). The summed E-state index contributed by atoms with van der Waals surface area (Å²) in [7, 11) is 0. The molecule has 14 heavy (non-hydrogen) atoms. The number of carbonyl (C=O) groups excluding carboxylic acids is 1. The second-order valence-electron chi connectivity index (χ2n) is 3.65. The van der Waals surface area contributed by atoms with Crippen molar-refractivity contribution in [3.63, 3.8) is 0 Å². The van der Waals surface area contributed by atoms with Crippen LogP contribution in [-0.2, 0) is 9.53 Å². The van der Waals surface area contributed by atoms with Crippen LogP contribution in [0.25, 0.3) is 0 Å². The number of alkyl halides is 3. The molecule has 2 aliphatic heterocycles. The first-order valence-electron chi connectivity index (χ1n) is 4.32. The number of halogens is 3. The maximum Gasteiger partial charge on any atom is 0.395 e. The third-order valence-electron chi connectivity index (χ3n) is 2.75. The molecule has 4 atom stereocenters. The summed E-state index contributed by atoms with van der Waals surface area (Å²) in [6.45, 7) is 1.18. The lowest BCUT2D eigenvalue weighted by molar-refractivity contribution is -0.191. The molecular formula is C9H9F3O2. The van der Waals surface area contributed by atoms with Crippen LogP contribution in [0.15, 0.2) is 12.2 Å². The van der Waals surface area contributed by atoms with Crippen LogP contribution in [0.5, 0.6) is 0 Å². The van der Waals surface area contributed by atoms with Crippen LogP contribution in [0.1, 0.15) is 6.92 Å². The Labute approximate surface area is 78.7 Å². The Morgan fingerprint density at radius 1 is 1.29 bits per heavy atom. The summed E-state index contributed by atoms with van der Waals surface area (Å²) in [6, 6.07) is 0. The highest BCUT2D eigenvalue weighted by atomic mass is 19.4. The zero-order valence-electron chi connectivity index (χ0n) is 7.41. The summed E-state index contributed by atoms with van der Waals surface area (Å²) in [5, 5.41) is 0. The Morgan fingerprint density at radius 2 is 1.86 bits per heavy atom. The van der Waals surface area contributed by atoms with Gasteiger partial charge in [-0.05, 0) is 6.92 Å². The maximum absolute atomic E-state index is 12.6. The van der Waals surface area contributed by atoms with Crippen LogP contribution >= 0.6 is 0 Å². The fraction of sp³-hybridized carbons (Fsp3) is 0.667. The summed E-state index contributed by atoms with van der Waals surface area (Å²) in [5.41, 5.74) is 0. The van der Waals surface area contributed by atoms with Gasteiger partial charge in [0.25, 0.3) is 0 Å². The molecule has 0 radical (unpaired) electrons. The van der Waals surface area contributed by atoms with Crippen molar-refractivity contribution >= 4 is 5.78 Å². The Kier molecular flexibility index (Phi) is 1.96. The predicted molar refractivity (Wildman–Crippen MR) is 41.5 cm³/mol. The Morgan fingerprint density at radius 3 is 2.29 bits per heavy atom. The first kappa shape index (κ1) is 9.71. The number of hydrogen-bond acceptors (Lipinski definition) is 2. The average molecular weight is 206 g/mol. The van der Waals surface area contributed by atoms with E-state index in [0.29, 0.717) is 0 Å². The molecule has 0 amide bonds. The van der Waals surface area contributed by atoms with E-state index in [1.807, 2.05) is 0 Å². The molecule has 0 spiro atoms. The standard InChI is InChI=1S/C9H9F3O2/c1-4(13)7-5-2-3-6(14-5)8(7)9(10,11)12/h2-3,5-8H,1H3. The zero-order chi connectivity index (χ0) is 10.5. The van der Waals surface area contributed by atoms with E-state index in [1.54, 1.807) is 6.08 Å². The number of hydrogen-bond donors (Lipinski definition) is 0. The van der Waals surface area contributed by atoms with Gasteiger partial charge in [-0.25, -0.2) is 0 Å². The van der Waals surface area contributed by atoms with E-state index in [0.717, 1.165) is 0 Å². The molecule has 1 fully saturated rings. The summed E-state index contributed by atoms with van der Waals surface area (Å²) >= 11 is 0. The van der Waals surface area contributed by atoms with E-state index < -0.39 is 36.0 Å². The Balaban J connectivity index is 2.31. The highest BCUT2D eigenvalue weighted by molar-refractivity contribution is 5.80. The van der Waals surface area contributed by atoms with Crippen LogP contribution in [0, 0.1) is 11.8 Å². The lowest BCUT2D eigenvalue weighted by Gasteiger charge is -2.24. The van der Waals surface area contributed by atoms with Gasteiger partial charge in [-0.15, -0.1) is 0 Å². The zero-order valence-corrected chi connectivity index (χ0v) is 7.41. The highest BCUT2D eigenvalue weighted by Gasteiger charge is 2.59. The van der Waals surface area contributed by atoms with Crippen LogP contribution in [-0.4, -0.2) is 24.2 Å². The summed E-state index contributed by atoms with van der Waals surface area (Å²) < 4.78 is 42.7. The number of ether oxygens (including phenoxy) is 1. The molecule has 0 aromatic heterocycles. The first-order chi connectivity index (χ1) is 6.41. The summed E-state index contributed by atoms with van der Waals surface area (Å²) in [5.74, 6) is -3.16. The minimum atomic E-state index is -4.36. The molecule has 0 N–H and O–H groups in total. The van der Waals surface area contributed by atoms with E-state index in [2.05, 4.69) is 0 Å². The average Bonchev–Trinajstić information content (AvgIpc) is 2.58. The third-order valence-corrected chi connectivity index (χ3v) is 2.75. The highest BCUT2D eigenvalue weighted by Crippen LogP contribution is 2.47. The summed E-state index contributed by atoms with van der Waals surface area (Å²) in [4.78, 5) is 11.1. The molecule has 78 valence electrons. The van der Waals surface area contributed by atoms with E-state index >= 15 is 0 Å². The minimum absolute atomic E-state index is 0.454. The Hall–Kier alpha value is -0.840. The normalized spacial score (nSPS) is 40.6. The van der Waals surface area contributed by atoms with Crippen LogP contribution in [0.3, 0.4) is 0 Å². The fourth-order valence-corrected chi connectivity index (χ4v) is 2.18. The van der Waals surface area contributed by atoms with Crippen molar-refractivity contribution in [2.75, 3.05) is 0 Å². The molecule has 0 aromatic rings. The Bertz CT molecular complexity index is 295. The lowest BCUT2D eigenvalue weighted by atomic mass is 9.80. The number of fused-ring (bicyclic) bond motifs is 2. The SMILES string of the molecule is CC(=O)C1C2C=CC(O2)C1C(F)(F)F. The topological polar surface area (TPSA) is 26.3 Å². The quantitative estimate of drug-likeness (QED) is 0.610. The van der Waals surface area contributed by atoms with E-state index in [1.165, 1.54) is 13.0 Å². The van der Waals surface area contributed by atoms with Crippen molar-refractivity contribution in [1.82, 2.24) is 0 Å². The molecular weight excluding hydrogens is 197 g/mol. The number of rotatable bonds is 1. The third kappa shape index (κ3) is 1.27. The molecule has 2 nitrogen and oxygen atoms in total. The van der Waals surface area contributed by atoms with E-state index in [9.17, 15) is 18.0 Å². The molecule has 5 heteroatoms. The summed E-state index contributed by atoms with van der Waals surface area (Å²) in [6.07, 6.45) is -3.07. The van der Waals surface area contributed by atoms with Gasteiger partial charge in [0.1, 0.15) is 5.78 Å². The van der Waals surface area contributed by atoms with Gasteiger partial charge >= 0.3 is 6.18 Å². The van der Waals surface area contributed by atoms with Gasteiger partial charge in [0.05, 0.1) is 24.0 Å². The fourth-order valence-electron chi connectivity index (χ4n) is 2.18. The molecule has 2 aliphatic rings. The number of Topliss-reactive ketones (excluding diaryl/α,β-unsaturated/α-hetero) is 1. The molecule has 0 aromatic carbocycles. The van der Waals surface area contributed by atoms with Gasteiger partial charge in [-0.2, -0.15) is 13.2 Å². The second-order valence-corrected chi connectivity index (χ2v) is 3.65. The van der Waals surface area contributed by atoms with Gasteiger partial charge in [-0.1, -0.05) is 12.2 Å². The first-order valence-corrected chi connectivity index (χ1v) is 4.32. The van der Waals surface area contributed by atoms with Crippen molar-refractivity contribution in [3.8, 4) is 0 Å². The van der Waals surface area contributed by atoms with Gasteiger partial charge in [0.15, 0.2) is 0 Å². The van der Waals surface area contributed by atoms with Crippen LogP contribution in [0.4, 0.5) is 13.2 Å². The van der Waals surface area contributed by atoms with Gasteiger partial charge in [0.2, 0.25) is 0 Å². The van der Waals surface area contributed by atoms with Crippen LogP contribution < -0.4 is 0 Å². The monoisotopic (exact) mass is 206 g/mol. The smallest absolute Gasteiger partial charge is 0.365 e. The van der Waals surface area contributed by atoms with Crippen LogP contribution in [0.2, 0.25) is 0 Å². The van der Waals surface area contributed by atoms with Crippen molar-refractivity contribution in [1.29, 1.82) is 0 Å². The van der Waals surface area contributed by atoms with Crippen molar-refractivity contribution in [3.05, 3.63) is 12.2 Å². The molecule has 4 unspecified atom stereocenters. The molecule has 0 saturated carbocycles. The van der Waals surface area contributed by atoms with Gasteiger partial charge < -0.3 is 4.74 Å². The van der Waals surface area contributed by atoms with Gasteiger partial charge in [0, 0.05) is 0 Å². The van der Waals surface area contributed by atoms with Crippen molar-refractivity contribution < 1.29 is 22.7 Å². The number of ketones is 1. The van der Waals surface area contributed by atoms with Crippen molar-refractivity contribution in [2.24, 2.45) is 11.8 Å².